The van der Waals surface area contributed by atoms with Gasteiger partial charge in [-0.05, 0) is 13.0 Å². The third kappa shape index (κ3) is 3.41. The molecule has 0 fully saturated rings. The first kappa shape index (κ1) is 14.2. The number of carbonyl (C=O) groups excluding carboxylic acids is 1. The van der Waals surface area contributed by atoms with Gasteiger partial charge in [0.2, 0.25) is 0 Å². The monoisotopic (exact) mass is 303 g/mol. The summed E-state index contributed by atoms with van der Waals surface area (Å²) >= 11 is 0.433. The number of hydrazone groups is 1. The third-order valence-electron chi connectivity index (χ3n) is 2.06. The first-order valence-electron chi connectivity index (χ1n) is 5.24. The van der Waals surface area contributed by atoms with Gasteiger partial charge in [0.25, 0.3) is 5.91 Å². The van der Waals surface area contributed by atoms with Crippen LogP contribution in [0.5, 0.6) is 0 Å². The molecule has 20 heavy (non-hydrogen) atoms. The Kier molecular flexibility index (Phi) is 3.84. The van der Waals surface area contributed by atoms with E-state index in [9.17, 15) is 18.0 Å². The normalized spacial score (nSPS) is 12.0. The Morgan fingerprint density at radius 2 is 2.30 bits per heavy atom. The van der Waals surface area contributed by atoms with E-state index in [0.29, 0.717) is 17.0 Å². The second kappa shape index (κ2) is 5.41. The number of thiazole rings is 1. The van der Waals surface area contributed by atoms with Crippen LogP contribution in [-0.4, -0.2) is 27.3 Å². The molecule has 0 saturated carbocycles. The van der Waals surface area contributed by atoms with E-state index in [4.69, 9.17) is 0 Å². The minimum Gasteiger partial charge on any atom is -0.282 e. The van der Waals surface area contributed by atoms with Gasteiger partial charge in [0.15, 0.2) is 10.7 Å². The summed E-state index contributed by atoms with van der Waals surface area (Å²) in [6, 6.07) is 1.51. The van der Waals surface area contributed by atoms with Crippen molar-refractivity contribution < 1.29 is 18.0 Å². The second-order valence-corrected chi connectivity index (χ2v) is 4.76. The van der Waals surface area contributed by atoms with Crippen LogP contribution in [0.15, 0.2) is 17.4 Å². The first-order chi connectivity index (χ1) is 9.36. The van der Waals surface area contributed by atoms with Gasteiger partial charge < -0.3 is 0 Å². The van der Waals surface area contributed by atoms with Crippen molar-refractivity contribution in [2.45, 2.75) is 13.1 Å². The third-order valence-corrected chi connectivity index (χ3v) is 3.04. The zero-order chi connectivity index (χ0) is 14.8. The number of nitrogens with zero attached hydrogens (tertiary/aromatic N) is 3. The zero-order valence-electron chi connectivity index (χ0n) is 10.0. The van der Waals surface area contributed by atoms with Crippen molar-refractivity contribution in [1.82, 2.24) is 20.6 Å². The number of hydrogen-bond donors (Lipinski definition) is 2. The van der Waals surface area contributed by atoms with E-state index in [1.54, 1.807) is 6.92 Å². The molecule has 0 aliphatic heterocycles. The molecule has 0 aliphatic rings. The Morgan fingerprint density at radius 1 is 1.55 bits per heavy atom. The molecule has 0 atom stereocenters. The number of halogens is 3. The van der Waals surface area contributed by atoms with Crippen molar-refractivity contribution in [2.24, 2.45) is 5.10 Å². The molecular formula is C10H8F3N5OS. The second-order valence-electron chi connectivity index (χ2n) is 3.70. The fourth-order valence-electron chi connectivity index (χ4n) is 1.22. The zero-order valence-corrected chi connectivity index (χ0v) is 10.8. The lowest BCUT2D eigenvalue weighted by Gasteiger charge is -1.98. The Balaban J connectivity index is 1.97. The van der Waals surface area contributed by atoms with Gasteiger partial charge in [-0.2, -0.15) is 23.4 Å². The number of aromatic nitrogens is 3. The van der Waals surface area contributed by atoms with Crippen molar-refractivity contribution >= 4 is 23.5 Å². The summed E-state index contributed by atoms with van der Waals surface area (Å²) in [7, 11) is 0. The lowest BCUT2D eigenvalue weighted by molar-refractivity contribution is -0.137. The van der Waals surface area contributed by atoms with Gasteiger partial charge in [0, 0.05) is 11.9 Å². The Morgan fingerprint density at radius 3 is 2.85 bits per heavy atom. The largest absolute Gasteiger partial charge is 0.443 e. The molecule has 2 aromatic heterocycles. The van der Waals surface area contributed by atoms with Crippen LogP contribution in [0, 0.1) is 6.92 Å². The lowest BCUT2D eigenvalue weighted by Crippen LogP contribution is -2.17. The summed E-state index contributed by atoms with van der Waals surface area (Å²) in [5.74, 6) is -0.564. The van der Waals surface area contributed by atoms with Gasteiger partial charge in [-0.25, -0.2) is 10.4 Å². The average molecular weight is 303 g/mol. The number of aryl methyl sites for hydroxylation is 1. The van der Waals surface area contributed by atoms with Crippen molar-refractivity contribution in [3.05, 3.63) is 33.5 Å². The highest BCUT2D eigenvalue weighted by molar-refractivity contribution is 7.13. The number of amides is 1. The van der Waals surface area contributed by atoms with Gasteiger partial charge in [-0.1, -0.05) is 0 Å². The minimum atomic E-state index is -4.48. The maximum atomic E-state index is 12.3. The number of H-pyrrole nitrogens is 1. The Labute approximate surface area is 114 Å². The predicted molar refractivity (Wildman–Crippen MR) is 65.5 cm³/mol. The molecule has 1 amide bonds. The molecule has 10 heteroatoms. The highest BCUT2D eigenvalue weighted by Crippen LogP contribution is 2.31. The molecule has 0 saturated heterocycles. The molecule has 0 bridgehead atoms. The van der Waals surface area contributed by atoms with Crippen molar-refractivity contribution in [3.8, 4) is 0 Å². The van der Waals surface area contributed by atoms with Crippen LogP contribution >= 0.6 is 11.3 Å². The summed E-state index contributed by atoms with van der Waals surface area (Å²) in [5.41, 5.74) is 3.00. The fraction of sp³-hybridized carbons (Fsp3) is 0.200. The topological polar surface area (TPSA) is 83.0 Å². The quantitative estimate of drug-likeness (QED) is 0.671. The molecule has 2 aromatic rings. The van der Waals surface area contributed by atoms with Gasteiger partial charge in [0.1, 0.15) is 0 Å². The maximum Gasteiger partial charge on any atom is 0.443 e. The van der Waals surface area contributed by atoms with Crippen LogP contribution < -0.4 is 5.43 Å². The molecular weight excluding hydrogens is 295 g/mol. The van der Waals surface area contributed by atoms with Crippen molar-refractivity contribution in [1.29, 1.82) is 0 Å². The van der Waals surface area contributed by atoms with Crippen LogP contribution in [0.4, 0.5) is 13.2 Å². The predicted octanol–water partition coefficient (Wildman–Crippen LogP) is 1.96. The number of rotatable bonds is 3. The fourth-order valence-corrected chi connectivity index (χ4v) is 1.88. The molecule has 2 heterocycles. The highest BCUT2D eigenvalue weighted by atomic mass is 32.1. The van der Waals surface area contributed by atoms with Crippen molar-refractivity contribution in [3.63, 3.8) is 0 Å². The standard InChI is InChI=1S/C10H8F3N5OS/c1-5-2-7(17-16-5)8(19)18-15-4-6-3-14-9(20-6)10(11,12)13/h2-4H,1H3,(H,16,17)(H,18,19)/b15-4+. The van der Waals surface area contributed by atoms with E-state index in [2.05, 4.69) is 25.7 Å². The van der Waals surface area contributed by atoms with Gasteiger partial charge in [-0.3, -0.25) is 9.89 Å². The van der Waals surface area contributed by atoms with E-state index in [1.807, 2.05) is 0 Å². The highest BCUT2D eigenvalue weighted by Gasteiger charge is 2.34. The van der Waals surface area contributed by atoms with Crippen LogP contribution in [0.1, 0.15) is 26.1 Å². The van der Waals surface area contributed by atoms with Crippen LogP contribution in [-0.2, 0) is 6.18 Å². The molecule has 0 aliphatic carbocycles. The molecule has 2 N–H and O–H groups in total. The van der Waals surface area contributed by atoms with Crippen molar-refractivity contribution in [2.75, 3.05) is 0 Å². The van der Waals surface area contributed by atoms with E-state index >= 15 is 0 Å². The number of alkyl halides is 3. The Hall–Kier alpha value is -2.23. The summed E-state index contributed by atoms with van der Waals surface area (Å²) in [6.07, 6.45) is -2.36. The average Bonchev–Trinajstić information content (AvgIpc) is 2.97. The molecule has 0 unspecified atom stereocenters. The van der Waals surface area contributed by atoms with Crippen LogP contribution in [0.3, 0.4) is 0 Å². The number of nitrogens with one attached hydrogen (secondary N) is 2. The smallest absolute Gasteiger partial charge is 0.282 e. The van der Waals surface area contributed by atoms with Gasteiger partial charge >= 0.3 is 6.18 Å². The lowest BCUT2D eigenvalue weighted by atomic mass is 10.4. The van der Waals surface area contributed by atoms with E-state index in [0.717, 1.165) is 12.4 Å². The van der Waals surface area contributed by atoms with Crippen LogP contribution in [0.25, 0.3) is 0 Å². The molecule has 0 radical (unpaired) electrons. The number of carbonyl (C=O) groups is 1. The summed E-state index contributed by atoms with van der Waals surface area (Å²) in [4.78, 5) is 14.9. The van der Waals surface area contributed by atoms with E-state index < -0.39 is 17.1 Å². The minimum absolute atomic E-state index is 0.139. The summed E-state index contributed by atoms with van der Waals surface area (Å²) in [5, 5.41) is 8.87. The SMILES string of the molecule is Cc1cc(C(=O)N/N=C/c2cnc(C(F)(F)F)s2)n[nH]1. The molecule has 0 spiro atoms. The first-order valence-corrected chi connectivity index (χ1v) is 6.06. The van der Waals surface area contributed by atoms with Gasteiger partial charge in [0.05, 0.1) is 11.1 Å². The Bertz CT molecular complexity index is 645. The summed E-state index contributed by atoms with van der Waals surface area (Å²) < 4.78 is 36.9. The van der Waals surface area contributed by atoms with Crippen LogP contribution in [0.2, 0.25) is 0 Å². The van der Waals surface area contributed by atoms with E-state index in [1.165, 1.54) is 6.07 Å². The molecule has 106 valence electrons. The molecule has 0 aromatic carbocycles. The molecule has 2 rings (SSSR count). The number of hydrogen-bond acceptors (Lipinski definition) is 5. The summed E-state index contributed by atoms with van der Waals surface area (Å²) in [6.45, 7) is 1.73. The molecule has 6 nitrogen and oxygen atoms in total. The maximum absolute atomic E-state index is 12.3. The van der Waals surface area contributed by atoms with Gasteiger partial charge in [-0.15, -0.1) is 11.3 Å². The van der Waals surface area contributed by atoms with E-state index in [-0.39, 0.29) is 10.6 Å². The number of aromatic amines is 1.